The first kappa shape index (κ1) is 14.7. The van der Waals surface area contributed by atoms with Crippen LogP contribution in [-0.4, -0.2) is 23.5 Å². The highest BCUT2D eigenvalue weighted by atomic mass is 35.5. The molecule has 0 N–H and O–H groups in total. The Morgan fingerprint density at radius 2 is 1.95 bits per heavy atom. The van der Waals surface area contributed by atoms with E-state index in [-0.39, 0.29) is 17.4 Å². The van der Waals surface area contributed by atoms with Gasteiger partial charge in [0.2, 0.25) is 0 Å². The van der Waals surface area contributed by atoms with Crippen molar-refractivity contribution in [3.8, 4) is 6.07 Å². The lowest BCUT2D eigenvalue weighted by atomic mass is 9.90. The summed E-state index contributed by atoms with van der Waals surface area (Å²) in [7, 11) is 0. The average molecular weight is 297 g/mol. The van der Waals surface area contributed by atoms with E-state index >= 15 is 0 Å². The van der Waals surface area contributed by atoms with Crippen LogP contribution in [-0.2, 0) is 0 Å². The number of hydrogen-bond acceptors (Lipinski definition) is 2. The van der Waals surface area contributed by atoms with Crippen molar-refractivity contribution < 1.29 is 0 Å². The highest BCUT2D eigenvalue weighted by Crippen LogP contribution is 2.39. The van der Waals surface area contributed by atoms with Crippen molar-refractivity contribution in [2.24, 2.45) is 5.92 Å². The summed E-state index contributed by atoms with van der Waals surface area (Å²) < 4.78 is 0. The number of nitriles is 1. The molecule has 2 nitrogen and oxygen atoms in total. The van der Waals surface area contributed by atoms with Crippen molar-refractivity contribution in [3.05, 3.63) is 33.8 Å². The number of hydrogen-bond donors (Lipinski definition) is 0. The van der Waals surface area contributed by atoms with Crippen LogP contribution >= 0.6 is 23.2 Å². The summed E-state index contributed by atoms with van der Waals surface area (Å²) >= 11 is 12.3. The molecular weight excluding hydrogens is 279 g/mol. The third-order valence-electron chi connectivity index (χ3n) is 3.79. The van der Waals surface area contributed by atoms with Crippen LogP contribution in [0.25, 0.3) is 0 Å². The maximum atomic E-state index is 9.39. The van der Waals surface area contributed by atoms with Gasteiger partial charge in [-0.25, -0.2) is 0 Å². The van der Waals surface area contributed by atoms with Gasteiger partial charge in [0.05, 0.1) is 12.0 Å². The van der Waals surface area contributed by atoms with Crippen LogP contribution in [0.3, 0.4) is 0 Å². The highest BCUT2D eigenvalue weighted by molar-refractivity contribution is 6.33. The predicted molar refractivity (Wildman–Crippen MR) is 79.6 cm³/mol. The lowest BCUT2D eigenvalue weighted by Crippen LogP contribution is -2.39. The molecule has 1 aromatic carbocycles. The number of nitrogens with zero attached hydrogens (tertiary/aromatic N) is 2. The minimum atomic E-state index is -0.0322. The molecule has 1 aromatic rings. The molecule has 0 spiro atoms. The number of halogens is 2. The Kier molecular flexibility index (Phi) is 4.11. The molecule has 2 atom stereocenters. The Morgan fingerprint density at radius 3 is 2.53 bits per heavy atom. The molecule has 0 bridgehead atoms. The van der Waals surface area contributed by atoms with E-state index in [0.29, 0.717) is 10.0 Å². The second-order valence-corrected chi connectivity index (χ2v) is 6.93. The Morgan fingerprint density at radius 1 is 1.26 bits per heavy atom. The van der Waals surface area contributed by atoms with Gasteiger partial charge in [-0.3, -0.25) is 4.90 Å². The number of rotatable bonds is 1. The Hall–Kier alpha value is -0.750. The van der Waals surface area contributed by atoms with Gasteiger partial charge in [-0.2, -0.15) is 5.26 Å². The van der Waals surface area contributed by atoms with Crippen LogP contribution < -0.4 is 0 Å². The third kappa shape index (κ3) is 3.05. The SMILES string of the molecule is CC(C)(C)N1C[C@@H](C#N)[C@H](c2cc(Cl)ccc2Cl)C1. The van der Waals surface area contributed by atoms with Crippen molar-refractivity contribution >= 4 is 23.2 Å². The molecule has 0 amide bonds. The summed E-state index contributed by atoms with van der Waals surface area (Å²) in [4.78, 5) is 2.34. The summed E-state index contributed by atoms with van der Waals surface area (Å²) in [6, 6.07) is 7.91. The van der Waals surface area contributed by atoms with Gasteiger partial charge in [0, 0.05) is 34.6 Å². The fourth-order valence-electron chi connectivity index (χ4n) is 2.60. The van der Waals surface area contributed by atoms with E-state index in [1.165, 1.54) is 0 Å². The lowest BCUT2D eigenvalue weighted by Gasteiger charge is -2.31. The Balaban J connectivity index is 2.34. The van der Waals surface area contributed by atoms with Crippen molar-refractivity contribution in [2.45, 2.75) is 32.2 Å². The fourth-order valence-corrected chi connectivity index (χ4v) is 3.03. The maximum absolute atomic E-state index is 9.39. The molecule has 0 radical (unpaired) electrons. The van der Waals surface area contributed by atoms with Gasteiger partial charge < -0.3 is 0 Å². The van der Waals surface area contributed by atoms with Crippen LogP contribution in [0.15, 0.2) is 18.2 Å². The van der Waals surface area contributed by atoms with Gasteiger partial charge in [-0.15, -0.1) is 0 Å². The summed E-state index contributed by atoms with van der Waals surface area (Å²) in [6.07, 6.45) is 0. The largest absolute Gasteiger partial charge is 0.297 e. The van der Waals surface area contributed by atoms with E-state index in [1.54, 1.807) is 6.07 Å². The fraction of sp³-hybridized carbons (Fsp3) is 0.533. The van der Waals surface area contributed by atoms with Crippen molar-refractivity contribution in [1.82, 2.24) is 4.90 Å². The maximum Gasteiger partial charge on any atom is 0.0676 e. The molecule has 1 fully saturated rings. The molecular formula is C15H18Cl2N2. The molecule has 1 heterocycles. The molecule has 0 unspecified atom stereocenters. The monoisotopic (exact) mass is 296 g/mol. The van der Waals surface area contributed by atoms with E-state index in [1.807, 2.05) is 12.1 Å². The minimum Gasteiger partial charge on any atom is -0.297 e. The molecule has 0 saturated carbocycles. The van der Waals surface area contributed by atoms with Crippen LogP contribution in [0.2, 0.25) is 10.0 Å². The number of benzene rings is 1. The van der Waals surface area contributed by atoms with Crippen molar-refractivity contribution in [2.75, 3.05) is 13.1 Å². The van der Waals surface area contributed by atoms with E-state index in [4.69, 9.17) is 23.2 Å². The minimum absolute atomic E-state index is 0.0322. The average Bonchev–Trinajstić information content (AvgIpc) is 2.76. The quantitative estimate of drug-likeness (QED) is 0.771. The first-order chi connectivity index (χ1) is 8.82. The molecule has 1 saturated heterocycles. The van der Waals surface area contributed by atoms with Gasteiger partial charge in [0.15, 0.2) is 0 Å². The highest BCUT2D eigenvalue weighted by Gasteiger charge is 2.39. The Bertz CT molecular complexity index is 514. The standard InChI is InChI=1S/C15H18Cl2N2/c1-15(2,3)19-8-10(7-18)13(9-19)12-6-11(16)4-5-14(12)17/h4-6,10,13H,8-9H2,1-3H3/t10-,13-/m1/s1. The van der Waals surface area contributed by atoms with Gasteiger partial charge >= 0.3 is 0 Å². The zero-order valence-corrected chi connectivity index (χ0v) is 13.0. The van der Waals surface area contributed by atoms with Gasteiger partial charge in [0.25, 0.3) is 0 Å². The summed E-state index contributed by atoms with van der Waals surface area (Å²) in [5.41, 5.74) is 1.06. The number of likely N-dealkylation sites (tertiary alicyclic amines) is 1. The first-order valence-corrected chi connectivity index (χ1v) is 7.18. The molecule has 4 heteroatoms. The van der Waals surface area contributed by atoms with Gasteiger partial charge in [-0.05, 0) is 44.5 Å². The normalized spacial score (nSPS) is 24.4. The van der Waals surface area contributed by atoms with Crippen molar-refractivity contribution in [1.29, 1.82) is 5.26 Å². The topological polar surface area (TPSA) is 27.0 Å². The third-order valence-corrected chi connectivity index (χ3v) is 4.37. The molecule has 0 aliphatic carbocycles. The van der Waals surface area contributed by atoms with Crippen molar-refractivity contribution in [3.63, 3.8) is 0 Å². The summed E-state index contributed by atoms with van der Waals surface area (Å²) in [6.45, 7) is 8.14. The molecule has 0 aromatic heterocycles. The summed E-state index contributed by atoms with van der Waals surface area (Å²) in [5, 5.41) is 10.8. The van der Waals surface area contributed by atoms with E-state index in [2.05, 4.69) is 31.7 Å². The zero-order chi connectivity index (χ0) is 14.2. The zero-order valence-electron chi connectivity index (χ0n) is 11.5. The van der Waals surface area contributed by atoms with E-state index in [0.717, 1.165) is 18.7 Å². The lowest BCUT2D eigenvalue weighted by molar-refractivity contribution is 0.170. The second kappa shape index (κ2) is 5.32. The first-order valence-electron chi connectivity index (χ1n) is 6.42. The Labute approximate surface area is 124 Å². The van der Waals surface area contributed by atoms with Gasteiger partial charge in [0.1, 0.15) is 0 Å². The summed E-state index contributed by atoms with van der Waals surface area (Å²) in [5.74, 6) is 0.102. The van der Waals surface area contributed by atoms with Crippen LogP contribution in [0.5, 0.6) is 0 Å². The predicted octanol–water partition coefficient (Wildman–Crippen LogP) is 4.33. The van der Waals surface area contributed by atoms with Gasteiger partial charge in [-0.1, -0.05) is 23.2 Å². The molecule has 19 heavy (non-hydrogen) atoms. The van der Waals surface area contributed by atoms with E-state index < -0.39 is 0 Å². The molecule has 2 rings (SSSR count). The molecule has 1 aliphatic rings. The van der Waals surface area contributed by atoms with Crippen LogP contribution in [0.1, 0.15) is 32.3 Å². The van der Waals surface area contributed by atoms with Crippen LogP contribution in [0, 0.1) is 17.2 Å². The molecule has 102 valence electrons. The smallest absolute Gasteiger partial charge is 0.0676 e. The molecule has 1 aliphatic heterocycles. The van der Waals surface area contributed by atoms with E-state index in [9.17, 15) is 5.26 Å². The second-order valence-electron chi connectivity index (χ2n) is 6.08. The van der Waals surface area contributed by atoms with Crippen LogP contribution in [0.4, 0.5) is 0 Å².